The lowest BCUT2D eigenvalue weighted by molar-refractivity contribution is -0.906. The van der Waals surface area contributed by atoms with E-state index in [1.165, 1.54) is 4.90 Å². The van der Waals surface area contributed by atoms with Gasteiger partial charge in [-0.3, -0.25) is 5.43 Å². The maximum atomic E-state index is 5.49. The first-order valence-corrected chi connectivity index (χ1v) is 8.92. The Kier molecular flexibility index (Phi) is 8.44. The summed E-state index contributed by atoms with van der Waals surface area (Å²) in [5.74, 6) is 1.40. The Morgan fingerprint density at radius 3 is 2.88 bits per heavy atom. The zero-order valence-corrected chi connectivity index (χ0v) is 15.7. The molecule has 8 heteroatoms. The molecule has 1 aliphatic heterocycles. The first-order valence-electron chi connectivity index (χ1n) is 8.52. The van der Waals surface area contributed by atoms with Gasteiger partial charge in [-0.05, 0) is 42.9 Å². The molecule has 3 N–H and O–H groups in total. The molecule has 1 heterocycles. The molecule has 0 atom stereocenters. The fraction of sp³-hybridized carbons (Fsp3) is 0.529. The highest BCUT2D eigenvalue weighted by atomic mass is 32.1. The molecule has 1 fully saturated rings. The highest BCUT2D eigenvalue weighted by Gasteiger charge is 2.12. The number of thiocarbonyl (C=S) groups is 1. The summed E-state index contributed by atoms with van der Waals surface area (Å²) < 4.78 is 16.2. The first-order chi connectivity index (χ1) is 12.2. The fourth-order valence-corrected chi connectivity index (χ4v) is 2.66. The third-order valence-electron chi connectivity index (χ3n) is 3.83. The summed E-state index contributed by atoms with van der Waals surface area (Å²) in [5, 5.41) is 7.84. The van der Waals surface area contributed by atoms with Crippen LogP contribution in [0, 0.1) is 0 Å². The second kappa shape index (κ2) is 10.9. The first kappa shape index (κ1) is 19.4. The number of hydrazone groups is 1. The molecule has 138 valence electrons. The summed E-state index contributed by atoms with van der Waals surface area (Å²) in [6.07, 6.45) is 1.69. The molecule has 25 heavy (non-hydrogen) atoms. The molecule has 0 bridgehead atoms. The van der Waals surface area contributed by atoms with Crippen LogP contribution < -0.4 is 25.1 Å². The Hall–Kier alpha value is -1.90. The van der Waals surface area contributed by atoms with Gasteiger partial charge in [0.25, 0.3) is 0 Å². The fourth-order valence-electron chi connectivity index (χ4n) is 2.51. The van der Waals surface area contributed by atoms with Gasteiger partial charge in [-0.25, -0.2) is 0 Å². The molecule has 1 aromatic carbocycles. The number of methoxy groups -OCH3 is 1. The van der Waals surface area contributed by atoms with E-state index in [4.69, 9.17) is 26.4 Å². The zero-order chi connectivity index (χ0) is 17.9. The molecular formula is C17H27N4O3S+. The van der Waals surface area contributed by atoms with Crippen molar-refractivity contribution in [3.05, 3.63) is 23.8 Å². The molecule has 0 aromatic heterocycles. The number of nitrogens with one attached hydrogen (secondary N) is 3. The van der Waals surface area contributed by atoms with E-state index in [1.54, 1.807) is 13.3 Å². The van der Waals surface area contributed by atoms with Crippen molar-refractivity contribution in [1.82, 2.24) is 10.7 Å². The van der Waals surface area contributed by atoms with Gasteiger partial charge in [-0.1, -0.05) is 0 Å². The maximum absolute atomic E-state index is 5.49. The van der Waals surface area contributed by atoms with Gasteiger partial charge < -0.3 is 24.4 Å². The van der Waals surface area contributed by atoms with Crippen molar-refractivity contribution in [2.45, 2.75) is 6.92 Å². The smallest absolute Gasteiger partial charge is 0.187 e. The number of nitrogens with zero attached hydrogens (tertiary/aromatic N) is 1. The Morgan fingerprint density at radius 2 is 2.16 bits per heavy atom. The minimum Gasteiger partial charge on any atom is -0.493 e. The van der Waals surface area contributed by atoms with Crippen LogP contribution in [0.5, 0.6) is 11.5 Å². The van der Waals surface area contributed by atoms with Crippen molar-refractivity contribution in [2.24, 2.45) is 5.10 Å². The van der Waals surface area contributed by atoms with Gasteiger partial charge in [0.05, 0.1) is 46.2 Å². The second-order valence-electron chi connectivity index (χ2n) is 5.58. The van der Waals surface area contributed by atoms with Gasteiger partial charge in [-0.2, -0.15) is 5.10 Å². The largest absolute Gasteiger partial charge is 0.493 e. The monoisotopic (exact) mass is 367 g/mol. The number of benzene rings is 1. The Morgan fingerprint density at radius 1 is 1.36 bits per heavy atom. The van der Waals surface area contributed by atoms with Crippen LogP contribution in [0.4, 0.5) is 0 Å². The van der Waals surface area contributed by atoms with Crippen LogP contribution in [-0.4, -0.2) is 64.4 Å². The van der Waals surface area contributed by atoms with Gasteiger partial charge >= 0.3 is 0 Å². The Labute approximate surface area is 154 Å². The van der Waals surface area contributed by atoms with E-state index >= 15 is 0 Å². The number of rotatable bonds is 8. The molecule has 0 radical (unpaired) electrons. The summed E-state index contributed by atoms with van der Waals surface area (Å²) in [5.41, 5.74) is 3.73. The minimum atomic E-state index is 0.516. The van der Waals surface area contributed by atoms with E-state index in [0.717, 1.165) is 50.7 Å². The summed E-state index contributed by atoms with van der Waals surface area (Å²) in [4.78, 5) is 1.53. The lowest BCUT2D eigenvalue weighted by Gasteiger charge is -2.23. The molecule has 0 spiro atoms. The van der Waals surface area contributed by atoms with Gasteiger partial charge in [0, 0.05) is 0 Å². The normalized spacial score (nSPS) is 15.1. The summed E-state index contributed by atoms with van der Waals surface area (Å²) in [6.45, 7) is 8.16. The SMILES string of the molecule is CCOc1ccc(/C=N\NC(=S)NCC[NH+]2CCOCC2)cc1OC. The van der Waals surface area contributed by atoms with E-state index in [2.05, 4.69) is 15.8 Å². The minimum absolute atomic E-state index is 0.516. The topological polar surface area (TPSA) is 68.5 Å². The summed E-state index contributed by atoms with van der Waals surface area (Å²) >= 11 is 5.23. The van der Waals surface area contributed by atoms with E-state index < -0.39 is 0 Å². The number of hydrogen-bond acceptors (Lipinski definition) is 5. The molecule has 7 nitrogen and oxygen atoms in total. The Bertz CT molecular complexity index is 577. The molecule has 1 aliphatic rings. The highest BCUT2D eigenvalue weighted by molar-refractivity contribution is 7.80. The molecule has 0 saturated carbocycles. The van der Waals surface area contributed by atoms with Crippen LogP contribution in [-0.2, 0) is 4.74 Å². The molecule has 1 saturated heterocycles. The zero-order valence-electron chi connectivity index (χ0n) is 14.8. The van der Waals surface area contributed by atoms with Crippen LogP contribution in [0.1, 0.15) is 12.5 Å². The van der Waals surface area contributed by atoms with Crippen molar-refractivity contribution >= 4 is 23.5 Å². The highest BCUT2D eigenvalue weighted by Crippen LogP contribution is 2.27. The standard InChI is InChI=1S/C17H26N4O3S/c1-3-24-15-5-4-14(12-16(15)22-2)13-19-20-17(25)18-6-7-21-8-10-23-11-9-21/h4-5,12-13H,3,6-11H2,1-2H3,(H2,18,20,25)/p+1/b19-13-. The van der Waals surface area contributed by atoms with Crippen molar-refractivity contribution in [2.75, 3.05) is 53.1 Å². The maximum Gasteiger partial charge on any atom is 0.187 e. The van der Waals surface area contributed by atoms with Crippen LogP contribution in [0.3, 0.4) is 0 Å². The van der Waals surface area contributed by atoms with E-state index in [9.17, 15) is 0 Å². The van der Waals surface area contributed by atoms with Crippen molar-refractivity contribution in [3.63, 3.8) is 0 Å². The van der Waals surface area contributed by atoms with Crippen molar-refractivity contribution in [3.8, 4) is 11.5 Å². The molecule has 0 amide bonds. The summed E-state index contributed by atoms with van der Waals surface area (Å²) in [6, 6.07) is 5.65. The predicted molar refractivity (Wildman–Crippen MR) is 102 cm³/mol. The third kappa shape index (κ3) is 6.85. The average Bonchev–Trinajstić information content (AvgIpc) is 2.64. The molecule has 2 rings (SSSR count). The quantitative estimate of drug-likeness (QED) is 0.336. The number of hydrogen-bond donors (Lipinski definition) is 3. The van der Waals surface area contributed by atoms with Crippen LogP contribution in [0.15, 0.2) is 23.3 Å². The number of ether oxygens (including phenoxy) is 3. The van der Waals surface area contributed by atoms with Gasteiger partial charge in [0.2, 0.25) is 0 Å². The lowest BCUT2D eigenvalue weighted by Crippen LogP contribution is -3.14. The number of morpholine rings is 1. The Balaban J connectivity index is 1.73. The van der Waals surface area contributed by atoms with Crippen molar-refractivity contribution < 1.29 is 19.1 Å². The van der Waals surface area contributed by atoms with Crippen molar-refractivity contribution in [1.29, 1.82) is 0 Å². The van der Waals surface area contributed by atoms with E-state index in [1.807, 2.05) is 25.1 Å². The summed E-state index contributed by atoms with van der Waals surface area (Å²) in [7, 11) is 1.62. The molecule has 0 aliphatic carbocycles. The molecule has 1 aromatic rings. The van der Waals surface area contributed by atoms with Gasteiger partial charge in [0.15, 0.2) is 16.6 Å². The van der Waals surface area contributed by atoms with Crippen LogP contribution in [0.2, 0.25) is 0 Å². The van der Waals surface area contributed by atoms with Crippen LogP contribution >= 0.6 is 12.2 Å². The number of quaternary nitrogens is 1. The second-order valence-corrected chi connectivity index (χ2v) is 5.99. The average molecular weight is 367 g/mol. The van der Waals surface area contributed by atoms with Gasteiger partial charge in [-0.15, -0.1) is 0 Å². The van der Waals surface area contributed by atoms with E-state index in [0.29, 0.717) is 17.5 Å². The molecular weight excluding hydrogens is 340 g/mol. The van der Waals surface area contributed by atoms with E-state index in [-0.39, 0.29) is 0 Å². The predicted octanol–water partition coefficient (Wildman–Crippen LogP) is -0.193. The molecule has 0 unspecified atom stereocenters. The third-order valence-corrected chi connectivity index (χ3v) is 4.07. The van der Waals surface area contributed by atoms with Gasteiger partial charge in [0.1, 0.15) is 13.1 Å². The lowest BCUT2D eigenvalue weighted by atomic mass is 10.2. The van der Waals surface area contributed by atoms with Crippen LogP contribution in [0.25, 0.3) is 0 Å².